The van der Waals surface area contributed by atoms with E-state index in [4.69, 9.17) is 0 Å². The summed E-state index contributed by atoms with van der Waals surface area (Å²) in [6, 6.07) is 27.4. The van der Waals surface area contributed by atoms with Crippen molar-refractivity contribution in [3.05, 3.63) is 109 Å². The number of hydrogen-bond donors (Lipinski definition) is 0. The van der Waals surface area contributed by atoms with Crippen molar-refractivity contribution >= 4 is 11.1 Å². The Balaban J connectivity index is 1.70. The Morgan fingerprint density at radius 3 is 1.07 bits per heavy atom. The minimum Gasteiger partial charge on any atom is -0.265 e. The molecule has 0 bridgehead atoms. The van der Waals surface area contributed by atoms with E-state index in [1.807, 2.05) is 72.8 Å². The minimum atomic E-state index is 0.357. The maximum absolute atomic E-state index is 9.79. The van der Waals surface area contributed by atoms with Crippen LogP contribution in [0, 0.1) is 22.7 Å². The largest absolute Gasteiger partial charge is 0.265 e. The zero-order valence-corrected chi connectivity index (χ0v) is 16.0. The minimum absolute atomic E-state index is 0.357. The lowest BCUT2D eigenvalue weighted by Gasteiger charge is -2.08. The van der Waals surface area contributed by atoms with E-state index in [9.17, 15) is 10.5 Å². The second-order valence-electron chi connectivity index (χ2n) is 6.60. The zero-order chi connectivity index (χ0) is 20.8. The Morgan fingerprint density at radius 2 is 0.767 bits per heavy atom. The van der Waals surface area contributed by atoms with Crippen molar-refractivity contribution in [2.75, 3.05) is 0 Å². The highest BCUT2D eigenvalue weighted by atomic mass is 14.6. The van der Waals surface area contributed by atoms with Gasteiger partial charge in [0.2, 0.25) is 0 Å². The summed E-state index contributed by atoms with van der Waals surface area (Å²) in [6.07, 6.45) is 6.97. The van der Waals surface area contributed by atoms with Gasteiger partial charge in [0.25, 0.3) is 0 Å². The lowest BCUT2D eigenvalue weighted by atomic mass is 9.94. The van der Waals surface area contributed by atoms with Gasteiger partial charge in [-0.05, 0) is 57.6 Å². The summed E-state index contributed by atoms with van der Waals surface area (Å²) < 4.78 is 0. The number of aromatic nitrogens is 2. The highest BCUT2D eigenvalue weighted by Crippen LogP contribution is 2.29. The number of pyridine rings is 2. The number of allylic oxidation sites excluding steroid dienone is 2. The normalized spacial score (nSPS) is 11.1. The zero-order valence-electron chi connectivity index (χ0n) is 16.0. The van der Waals surface area contributed by atoms with Crippen molar-refractivity contribution in [2.24, 2.45) is 0 Å². The van der Waals surface area contributed by atoms with Crippen molar-refractivity contribution in [1.29, 1.82) is 10.5 Å². The molecule has 0 atom stereocenters. The molecule has 30 heavy (non-hydrogen) atoms. The molecular weight excluding hydrogens is 368 g/mol. The van der Waals surface area contributed by atoms with E-state index < -0.39 is 0 Å². The van der Waals surface area contributed by atoms with Gasteiger partial charge in [0.15, 0.2) is 0 Å². The van der Waals surface area contributed by atoms with Crippen LogP contribution in [0.15, 0.2) is 97.6 Å². The Morgan fingerprint density at radius 1 is 0.467 bits per heavy atom. The van der Waals surface area contributed by atoms with Crippen LogP contribution in [0.25, 0.3) is 33.4 Å². The van der Waals surface area contributed by atoms with Gasteiger partial charge in [0.05, 0.1) is 11.1 Å². The Labute approximate surface area is 175 Å². The fourth-order valence-electron chi connectivity index (χ4n) is 3.28. The van der Waals surface area contributed by atoms with Crippen LogP contribution in [0.4, 0.5) is 0 Å². The van der Waals surface area contributed by atoms with E-state index in [0.717, 1.165) is 22.3 Å². The quantitative estimate of drug-likeness (QED) is 0.331. The smallest absolute Gasteiger partial charge is 0.101 e. The van der Waals surface area contributed by atoms with Crippen LogP contribution in [0.2, 0.25) is 0 Å². The molecule has 2 heterocycles. The van der Waals surface area contributed by atoms with Gasteiger partial charge in [-0.15, -0.1) is 0 Å². The van der Waals surface area contributed by atoms with Crippen molar-refractivity contribution in [3.8, 4) is 34.4 Å². The molecule has 0 radical (unpaired) electrons. The first-order valence-electron chi connectivity index (χ1n) is 9.36. The number of hydrogen-bond acceptors (Lipinski definition) is 4. The summed E-state index contributed by atoms with van der Waals surface area (Å²) in [4.78, 5) is 8.07. The molecule has 4 nitrogen and oxygen atoms in total. The third-order valence-corrected chi connectivity index (χ3v) is 4.85. The van der Waals surface area contributed by atoms with E-state index in [1.165, 1.54) is 0 Å². The summed E-state index contributed by atoms with van der Waals surface area (Å²) in [6.45, 7) is 0. The molecule has 0 amide bonds. The number of nitriles is 2. The van der Waals surface area contributed by atoms with Gasteiger partial charge in [-0.25, -0.2) is 0 Å². The molecule has 0 N–H and O–H groups in total. The van der Waals surface area contributed by atoms with Gasteiger partial charge < -0.3 is 0 Å². The molecule has 4 aromatic rings. The van der Waals surface area contributed by atoms with Crippen LogP contribution in [0.5, 0.6) is 0 Å². The molecule has 4 rings (SSSR count). The third kappa shape index (κ3) is 3.85. The first-order chi connectivity index (χ1) is 14.8. The lowest BCUT2D eigenvalue weighted by Crippen LogP contribution is -1.90. The van der Waals surface area contributed by atoms with Crippen molar-refractivity contribution in [1.82, 2.24) is 9.97 Å². The van der Waals surface area contributed by atoms with Gasteiger partial charge in [-0.1, -0.05) is 48.5 Å². The molecule has 4 heteroatoms. The molecule has 2 aromatic carbocycles. The number of nitrogens with zero attached hydrogens (tertiary/aromatic N) is 4. The van der Waals surface area contributed by atoms with Crippen LogP contribution >= 0.6 is 0 Å². The van der Waals surface area contributed by atoms with Gasteiger partial charge in [0, 0.05) is 24.8 Å². The molecule has 0 unspecified atom stereocenters. The fourth-order valence-corrected chi connectivity index (χ4v) is 3.28. The highest BCUT2D eigenvalue weighted by molar-refractivity contribution is 6.03. The summed E-state index contributed by atoms with van der Waals surface area (Å²) in [5.74, 6) is 0. The van der Waals surface area contributed by atoms with Crippen molar-refractivity contribution < 1.29 is 0 Å². The summed E-state index contributed by atoms with van der Waals surface area (Å²) in [5.41, 5.74) is 6.29. The second-order valence-corrected chi connectivity index (χ2v) is 6.60. The molecular formula is C26H16N4. The van der Waals surface area contributed by atoms with Crippen molar-refractivity contribution in [3.63, 3.8) is 0 Å². The molecule has 0 saturated heterocycles. The molecule has 0 spiro atoms. The average Bonchev–Trinajstić information content (AvgIpc) is 2.84. The van der Waals surface area contributed by atoms with E-state index in [1.54, 1.807) is 24.8 Å². The maximum atomic E-state index is 9.79. The van der Waals surface area contributed by atoms with Gasteiger partial charge >= 0.3 is 0 Å². The first-order valence-corrected chi connectivity index (χ1v) is 9.36. The van der Waals surface area contributed by atoms with E-state index >= 15 is 0 Å². The van der Waals surface area contributed by atoms with E-state index in [2.05, 4.69) is 22.1 Å². The van der Waals surface area contributed by atoms with Crippen LogP contribution in [-0.2, 0) is 0 Å². The standard InChI is InChI=1S/C26H16N4/c27-17-25(23-5-1-19(2-6-23)21-9-13-29-14-10-21)26(18-28)24-7-3-20(4-8-24)22-11-15-30-16-12-22/h1-16H/b26-25+. The number of rotatable bonds is 4. The molecule has 0 fully saturated rings. The fraction of sp³-hybridized carbons (Fsp3) is 0. The average molecular weight is 384 g/mol. The van der Waals surface area contributed by atoms with Crippen LogP contribution < -0.4 is 0 Å². The maximum Gasteiger partial charge on any atom is 0.101 e. The topological polar surface area (TPSA) is 73.4 Å². The molecule has 0 aliphatic rings. The summed E-state index contributed by atoms with van der Waals surface area (Å²) in [5, 5.41) is 19.6. The third-order valence-electron chi connectivity index (χ3n) is 4.85. The SMILES string of the molecule is N#C/C(=C(/C#N)c1ccc(-c2ccncc2)cc1)c1ccc(-c2ccncc2)cc1. The molecule has 140 valence electrons. The summed E-state index contributed by atoms with van der Waals surface area (Å²) in [7, 11) is 0. The molecule has 0 aliphatic carbocycles. The van der Waals surface area contributed by atoms with Gasteiger partial charge in [-0.3, -0.25) is 9.97 Å². The van der Waals surface area contributed by atoms with Crippen LogP contribution in [0.3, 0.4) is 0 Å². The highest BCUT2D eigenvalue weighted by Gasteiger charge is 2.12. The molecule has 0 saturated carbocycles. The lowest BCUT2D eigenvalue weighted by molar-refractivity contribution is 1.33. The predicted molar refractivity (Wildman–Crippen MR) is 117 cm³/mol. The Kier molecular flexibility index (Phi) is 5.42. The van der Waals surface area contributed by atoms with Crippen LogP contribution in [0.1, 0.15) is 11.1 Å². The first kappa shape index (κ1) is 18.8. The monoisotopic (exact) mass is 384 g/mol. The van der Waals surface area contributed by atoms with E-state index in [0.29, 0.717) is 22.3 Å². The summed E-state index contributed by atoms with van der Waals surface area (Å²) >= 11 is 0. The van der Waals surface area contributed by atoms with Gasteiger partial charge in [-0.2, -0.15) is 10.5 Å². The number of benzene rings is 2. The van der Waals surface area contributed by atoms with Gasteiger partial charge in [0.1, 0.15) is 12.1 Å². The Hall–Kier alpha value is -4.54. The van der Waals surface area contributed by atoms with E-state index in [-0.39, 0.29) is 0 Å². The van der Waals surface area contributed by atoms with Crippen LogP contribution in [-0.4, -0.2) is 9.97 Å². The molecule has 2 aromatic heterocycles. The molecule has 0 aliphatic heterocycles. The predicted octanol–water partition coefficient (Wildman–Crippen LogP) is 5.77. The Bertz CT molecular complexity index is 1160. The second kappa shape index (κ2) is 8.65. The van der Waals surface area contributed by atoms with Crippen molar-refractivity contribution in [2.45, 2.75) is 0 Å².